The second-order valence-electron chi connectivity index (χ2n) is 6.17. The SMILES string of the molecule is Cc1cc(CN(C)CC2CCC(=O)N(C(C)C)C2)no1. The Morgan fingerprint density at radius 2 is 2.30 bits per heavy atom. The van der Waals surface area contributed by atoms with E-state index in [1.165, 1.54) is 0 Å². The highest BCUT2D eigenvalue weighted by atomic mass is 16.5. The number of carbonyl (C=O) groups excluding carboxylic acids is 1. The van der Waals surface area contributed by atoms with E-state index in [1.54, 1.807) is 0 Å². The molecule has 1 saturated heterocycles. The van der Waals surface area contributed by atoms with E-state index >= 15 is 0 Å². The fraction of sp³-hybridized carbons (Fsp3) is 0.733. The van der Waals surface area contributed by atoms with Gasteiger partial charge in [0.1, 0.15) is 5.76 Å². The zero-order valence-electron chi connectivity index (χ0n) is 12.9. The van der Waals surface area contributed by atoms with Gasteiger partial charge in [-0.25, -0.2) is 0 Å². The van der Waals surface area contributed by atoms with Crippen LogP contribution in [0.25, 0.3) is 0 Å². The number of piperidine rings is 1. The standard InChI is InChI=1S/C15H25N3O2/c1-11(2)18-9-13(5-6-15(18)19)8-17(4)10-14-7-12(3)20-16-14/h7,11,13H,5-6,8-10H2,1-4H3. The number of hydrogen-bond donors (Lipinski definition) is 0. The highest BCUT2D eigenvalue weighted by Gasteiger charge is 2.27. The van der Waals surface area contributed by atoms with E-state index in [0.29, 0.717) is 24.3 Å². The lowest BCUT2D eigenvalue weighted by Crippen LogP contribution is -2.46. The lowest BCUT2D eigenvalue weighted by molar-refractivity contribution is -0.136. The van der Waals surface area contributed by atoms with E-state index in [9.17, 15) is 4.79 Å². The molecule has 5 heteroatoms. The lowest BCUT2D eigenvalue weighted by Gasteiger charge is -2.36. The molecule has 0 bridgehead atoms. The van der Waals surface area contributed by atoms with Gasteiger partial charge in [0, 0.05) is 38.2 Å². The Kier molecular flexibility index (Phi) is 4.81. The summed E-state index contributed by atoms with van der Waals surface area (Å²) in [6.07, 6.45) is 1.67. The highest BCUT2D eigenvalue weighted by Crippen LogP contribution is 2.20. The predicted molar refractivity (Wildman–Crippen MR) is 77.1 cm³/mol. The zero-order chi connectivity index (χ0) is 14.7. The number of likely N-dealkylation sites (tertiary alicyclic amines) is 1. The maximum Gasteiger partial charge on any atom is 0.222 e. The molecule has 1 amide bonds. The quantitative estimate of drug-likeness (QED) is 0.828. The molecular weight excluding hydrogens is 254 g/mol. The molecule has 1 aromatic rings. The topological polar surface area (TPSA) is 49.6 Å². The van der Waals surface area contributed by atoms with E-state index in [4.69, 9.17) is 4.52 Å². The largest absolute Gasteiger partial charge is 0.361 e. The Labute approximate surface area is 120 Å². The summed E-state index contributed by atoms with van der Waals surface area (Å²) in [6.45, 7) is 8.73. The highest BCUT2D eigenvalue weighted by molar-refractivity contribution is 5.77. The molecule has 0 spiro atoms. The Balaban J connectivity index is 1.85. The molecule has 112 valence electrons. The summed E-state index contributed by atoms with van der Waals surface area (Å²) in [5.41, 5.74) is 0.970. The molecule has 1 unspecified atom stereocenters. The Morgan fingerprint density at radius 1 is 1.55 bits per heavy atom. The molecule has 1 fully saturated rings. The molecule has 1 aromatic heterocycles. The molecule has 0 radical (unpaired) electrons. The lowest BCUT2D eigenvalue weighted by atomic mass is 9.96. The predicted octanol–water partition coefficient (Wildman–Crippen LogP) is 2.06. The molecule has 0 aliphatic carbocycles. The van der Waals surface area contributed by atoms with Crippen LogP contribution < -0.4 is 0 Å². The molecule has 0 N–H and O–H groups in total. The van der Waals surface area contributed by atoms with Crippen molar-refractivity contribution in [2.24, 2.45) is 5.92 Å². The van der Waals surface area contributed by atoms with Crippen molar-refractivity contribution in [3.8, 4) is 0 Å². The number of carbonyl (C=O) groups is 1. The third-order valence-electron chi connectivity index (χ3n) is 3.84. The number of aromatic nitrogens is 1. The van der Waals surface area contributed by atoms with Gasteiger partial charge in [0.25, 0.3) is 0 Å². The molecule has 0 aromatic carbocycles. The second kappa shape index (κ2) is 6.39. The number of rotatable bonds is 5. The van der Waals surface area contributed by atoms with Crippen LogP contribution in [-0.2, 0) is 11.3 Å². The Bertz CT molecular complexity index is 456. The van der Waals surface area contributed by atoms with Crippen LogP contribution in [-0.4, -0.2) is 47.0 Å². The first-order chi connectivity index (χ1) is 9.45. The van der Waals surface area contributed by atoms with Crippen LogP contribution in [0.2, 0.25) is 0 Å². The first-order valence-corrected chi connectivity index (χ1v) is 7.36. The van der Waals surface area contributed by atoms with Crippen LogP contribution in [0.15, 0.2) is 10.6 Å². The van der Waals surface area contributed by atoms with Gasteiger partial charge in [-0.05, 0) is 40.2 Å². The van der Waals surface area contributed by atoms with Crippen molar-refractivity contribution < 1.29 is 9.32 Å². The van der Waals surface area contributed by atoms with Crippen molar-refractivity contribution in [1.29, 1.82) is 0 Å². The van der Waals surface area contributed by atoms with Crippen LogP contribution >= 0.6 is 0 Å². The maximum atomic E-state index is 11.9. The molecule has 1 aliphatic rings. The van der Waals surface area contributed by atoms with Gasteiger partial charge in [-0.3, -0.25) is 4.79 Å². The minimum absolute atomic E-state index is 0.297. The van der Waals surface area contributed by atoms with E-state index in [0.717, 1.165) is 37.5 Å². The minimum atomic E-state index is 0.297. The third-order valence-corrected chi connectivity index (χ3v) is 3.84. The minimum Gasteiger partial charge on any atom is -0.361 e. The van der Waals surface area contributed by atoms with Gasteiger partial charge < -0.3 is 14.3 Å². The van der Waals surface area contributed by atoms with Crippen molar-refractivity contribution in [1.82, 2.24) is 15.0 Å². The van der Waals surface area contributed by atoms with E-state index < -0.39 is 0 Å². The summed E-state index contributed by atoms with van der Waals surface area (Å²) in [5, 5.41) is 4.02. The summed E-state index contributed by atoms with van der Waals surface area (Å²) in [7, 11) is 2.10. The molecule has 5 nitrogen and oxygen atoms in total. The van der Waals surface area contributed by atoms with Crippen molar-refractivity contribution in [2.75, 3.05) is 20.1 Å². The Morgan fingerprint density at radius 3 is 2.90 bits per heavy atom. The van der Waals surface area contributed by atoms with Crippen molar-refractivity contribution in [2.45, 2.75) is 46.2 Å². The Hall–Kier alpha value is -1.36. The van der Waals surface area contributed by atoms with Gasteiger partial charge in [-0.2, -0.15) is 0 Å². The van der Waals surface area contributed by atoms with Gasteiger partial charge in [0.05, 0.1) is 5.69 Å². The summed E-state index contributed by atoms with van der Waals surface area (Å²) in [5.74, 6) is 1.70. The van der Waals surface area contributed by atoms with Crippen molar-refractivity contribution in [3.63, 3.8) is 0 Å². The van der Waals surface area contributed by atoms with Gasteiger partial charge in [-0.1, -0.05) is 5.16 Å². The van der Waals surface area contributed by atoms with Crippen LogP contribution in [0.3, 0.4) is 0 Å². The molecule has 1 atom stereocenters. The summed E-state index contributed by atoms with van der Waals surface area (Å²) in [4.78, 5) is 16.1. The smallest absolute Gasteiger partial charge is 0.222 e. The first kappa shape index (κ1) is 15.0. The third kappa shape index (κ3) is 3.82. The van der Waals surface area contributed by atoms with Gasteiger partial charge in [0.2, 0.25) is 5.91 Å². The van der Waals surface area contributed by atoms with E-state index in [2.05, 4.69) is 31.0 Å². The first-order valence-electron chi connectivity index (χ1n) is 7.36. The van der Waals surface area contributed by atoms with Gasteiger partial charge in [-0.15, -0.1) is 0 Å². The number of aryl methyl sites for hydroxylation is 1. The molecule has 1 aliphatic heterocycles. The summed E-state index contributed by atoms with van der Waals surface area (Å²) < 4.78 is 5.09. The number of hydrogen-bond acceptors (Lipinski definition) is 4. The summed E-state index contributed by atoms with van der Waals surface area (Å²) in [6, 6.07) is 2.27. The second-order valence-corrected chi connectivity index (χ2v) is 6.17. The monoisotopic (exact) mass is 279 g/mol. The summed E-state index contributed by atoms with van der Waals surface area (Å²) >= 11 is 0. The molecule has 2 rings (SSSR count). The average Bonchev–Trinajstić information content (AvgIpc) is 2.76. The van der Waals surface area contributed by atoms with Crippen molar-refractivity contribution >= 4 is 5.91 Å². The van der Waals surface area contributed by atoms with Crippen LogP contribution in [0.5, 0.6) is 0 Å². The fourth-order valence-electron chi connectivity index (χ4n) is 2.86. The van der Waals surface area contributed by atoms with Crippen LogP contribution in [0.1, 0.15) is 38.1 Å². The molecular formula is C15H25N3O2. The van der Waals surface area contributed by atoms with Crippen LogP contribution in [0.4, 0.5) is 0 Å². The normalized spacial score (nSPS) is 20.2. The van der Waals surface area contributed by atoms with E-state index in [-0.39, 0.29) is 0 Å². The fourth-order valence-corrected chi connectivity index (χ4v) is 2.86. The van der Waals surface area contributed by atoms with Gasteiger partial charge >= 0.3 is 0 Å². The van der Waals surface area contributed by atoms with Gasteiger partial charge in [0.15, 0.2) is 0 Å². The zero-order valence-corrected chi connectivity index (χ0v) is 12.9. The number of amides is 1. The number of nitrogens with zero attached hydrogens (tertiary/aromatic N) is 3. The maximum absolute atomic E-state index is 11.9. The molecule has 0 saturated carbocycles. The van der Waals surface area contributed by atoms with Crippen molar-refractivity contribution in [3.05, 3.63) is 17.5 Å². The van der Waals surface area contributed by atoms with Crippen LogP contribution in [0, 0.1) is 12.8 Å². The molecule has 20 heavy (non-hydrogen) atoms. The molecule has 2 heterocycles. The average molecular weight is 279 g/mol. The van der Waals surface area contributed by atoms with E-state index in [1.807, 2.05) is 17.9 Å².